The zero-order valence-electron chi connectivity index (χ0n) is 12.6. The van der Waals surface area contributed by atoms with E-state index in [1.165, 1.54) is 12.8 Å². The number of thioether (sulfide) groups is 1. The van der Waals surface area contributed by atoms with E-state index < -0.39 is 0 Å². The lowest BCUT2D eigenvalue weighted by atomic mass is 9.95. The normalized spacial score (nSPS) is 21.9. The van der Waals surface area contributed by atoms with E-state index in [2.05, 4.69) is 32.0 Å². The highest BCUT2D eigenvalue weighted by Crippen LogP contribution is 2.28. The molecule has 0 amide bonds. The van der Waals surface area contributed by atoms with Crippen molar-refractivity contribution in [1.29, 1.82) is 0 Å². The van der Waals surface area contributed by atoms with Crippen LogP contribution < -0.4 is 21.3 Å². The molecule has 8 heteroatoms. The third-order valence-electron chi connectivity index (χ3n) is 3.52. The summed E-state index contributed by atoms with van der Waals surface area (Å²) in [5.41, 5.74) is 2.45. The number of nitrogens with one attached hydrogen (secondary N) is 2. The highest BCUT2D eigenvalue weighted by molar-refractivity contribution is 7.99. The van der Waals surface area contributed by atoms with Crippen LogP contribution >= 0.6 is 11.8 Å². The van der Waals surface area contributed by atoms with Crippen LogP contribution in [0.3, 0.4) is 0 Å². The molecule has 0 bridgehead atoms. The Morgan fingerprint density at radius 2 is 1.90 bits per heavy atom. The van der Waals surface area contributed by atoms with Crippen LogP contribution in [0.25, 0.3) is 0 Å². The summed E-state index contributed by atoms with van der Waals surface area (Å²) in [6.07, 6.45) is 7.80. The van der Waals surface area contributed by atoms with E-state index in [0.29, 0.717) is 30.6 Å². The van der Waals surface area contributed by atoms with Crippen LogP contribution in [0.2, 0.25) is 0 Å². The Morgan fingerprint density at radius 1 is 1.19 bits per heavy atom. The molecule has 0 atom stereocenters. The highest BCUT2D eigenvalue weighted by Gasteiger charge is 2.21. The van der Waals surface area contributed by atoms with Crippen molar-refractivity contribution in [3.8, 4) is 6.01 Å². The minimum atomic E-state index is 0.306. The molecule has 1 saturated carbocycles. The lowest BCUT2D eigenvalue weighted by Gasteiger charge is -2.28. The number of anilines is 2. The molecule has 4 N–H and O–H groups in total. The van der Waals surface area contributed by atoms with E-state index >= 15 is 0 Å². The molecule has 1 aliphatic carbocycles. The van der Waals surface area contributed by atoms with Gasteiger partial charge in [0, 0.05) is 11.3 Å². The minimum absolute atomic E-state index is 0.306. The fraction of sp³-hybridized carbons (Fsp3) is 0.769. The van der Waals surface area contributed by atoms with Crippen LogP contribution in [0.4, 0.5) is 11.9 Å². The molecule has 2 rings (SSSR count). The molecule has 0 saturated heterocycles. The van der Waals surface area contributed by atoms with Gasteiger partial charge in [-0.25, -0.2) is 5.84 Å². The number of nitrogen functional groups attached to an aromatic ring is 1. The Hall–Kier alpha value is -1.28. The summed E-state index contributed by atoms with van der Waals surface area (Å²) >= 11 is 1.96. The molecule has 0 aliphatic heterocycles. The standard InChI is InChI=1S/C13H24N6OS/c1-3-8-20-13-17-11(16-12(18-13)19-14)15-9-4-6-10(21-2)7-5-9/h9-10H,3-8,14H2,1-2H3,(H2,15,16,17,18,19). The zero-order chi connectivity index (χ0) is 15.1. The molecule has 0 radical (unpaired) electrons. The van der Waals surface area contributed by atoms with Crippen molar-refractivity contribution in [2.45, 2.75) is 50.3 Å². The zero-order valence-corrected chi connectivity index (χ0v) is 13.4. The van der Waals surface area contributed by atoms with Crippen LogP contribution in [0, 0.1) is 0 Å². The summed E-state index contributed by atoms with van der Waals surface area (Å²) in [6, 6.07) is 0.709. The second-order valence-electron chi connectivity index (χ2n) is 5.11. The molecule has 1 heterocycles. The molecule has 1 fully saturated rings. The maximum atomic E-state index is 5.46. The molecule has 7 nitrogen and oxygen atoms in total. The molecular weight excluding hydrogens is 288 g/mol. The van der Waals surface area contributed by atoms with E-state index in [0.717, 1.165) is 24.5 Å². The van der Waals surface area contributed by atoms with E-state index in [1.54, 1.807) is 0 Å². The van der Waals surface area contributed by atoms with Crippen LogP contribution in [-0.2, 0) is 0 Å². The highest BCUT2D eigenvalue weighted by atomic mass is 32.2. The van der Waals surface area contributed by atoms with Gasteiger partial charge in [0.05, 0.1) is 6.61 Å². The van der Waals surface area contributed by atoms with Crippen LogP contribution in [0.15, 0.2) is 0 Å². The summed E-state index contributed by atoms with van der Waals surface area (Å²) in [5, 5.41) is 4.15. The average Bonchev–Trinajstić information content (AvgIpc) is 2.53. The Labute approximate surface area is 129 Å². The summed E-state index contributed by atoms with van der Waals surface area (Å²) in [4.78, 5) is 12.6. The summed E-state index contributed by atoms with van der Waals surface area (Å²) in [7, 11) is 0. The predicted molar refractivity (Wildman–Crippen MR) is 86.6 cm³/mol. The number of nitrogens with zero attached hydrogens (tertiary/aromatic N) is 3. The number of hydrogen-bond acceptors (Lipinski definition) is 8. The monoisotopic (exact) mass is 312 g/mol. The molecular formula is C13H24N6OS. The summed E-state index contributed by atoms with van der Waals surface area (Å²) in [5.74, 6) is 6.24. The molecule has 1 aliphatic rings. The van der Waals surface area contributed by atoms with Gasteiger partial charge in [-0.3, -0.25) is 5.43 Å². The van der Waals surface area contributed by atoms with E-state index in [4.69, 9.17) is 10.6 Å². The summed E-state index contributed by atoms with van der Waals surface area (Å²) < 4.78 is 5.46. The maximum absolute atomic E-state index is 5.46. The number of rotatable bonds is 7. The fourth-order valence-electron chi connectivity index (χ4n) is 2.37. The molecule has 0 unspecified atom stereocenters. The Bertz CT molecular complexity index is 439. The van der Waals surface area contributed by atoms with Crippen molar-refractivity contribution < 1.29 is 4.74 Å². The van der Waals surface area contributed by atoms with Crippen molar-refractivity contribution in [3.63, 3.8) is 0 Å². The topological polar surface area (TPSA) is 98.0 Å². The summed E-state index contributed by atoms with van der Waals surface area (Å²) in [6.45, 7) is 2.61. The van der Waals surface area contributed by atoms with Crippen molar-refractivity contribution in [2.24, 2.45) is 5.84 Å². The third-order valence-corrected chi connectivity index (χ3v) is 4.66. The number of aromatic nitrogens is 3. The van der Waals surface area contributed by atoms with Crippen LogP contribution in [-0.4, -0.2) is 39.1 Å². The van der Waals surface area contributed by atoms with Crippen molar-refractivity contribution in [3.05, 3.63) is 0 Å². The van der Waals surface area contributed by atoms with Gasteiger partial charge in [-0.2, -0.15) is 26.7 Å². The van der Waals surface area contributed by atoms with Crippen LogP contribution in [0.5, 0.6) is 6.01 Å². The number of hydrogen-bond donors (Lipinski definition) is 3. The molecule has 0 aromatic carbocycles. The van der Waals surface area contributed by atoms with E-state index in [1.807, 2.05) is 18.7 Å². The average molecular weight is 312 g/mol. The Morgan fingerprint density at radius 3 is 2.52 bits per heavy atom. The van der Waals surface area contributed by atoms with Gasteiger partial charge < -0.3 is 10.1 Å². The lowest BCUT2D eigenvalue weighted by molar-refractivity contribution is 0.292. The van der Waals surface area contributed by atoms with Gasteiger partial charge in [-0.1, -0.05) is 6.92 Å². The largest absolute Gasteiger partial charge is 0.463 e. The molecule has 118 valence electrons. The lowest BCUT2D eigenvalue weighted by Crippen LogP contribution is -2.28. The van der Waals surface area contributed by atoms with Crippen molar-refractivity contribution in [2.75, 3.05) is 23.6 Å². The van der Waals surface area contributed by atoms with Crippen LogP contribution in [0.1, 0.15) is 39.0 Å². The molecule has 1 aromatic rings. The second-order valence-corrected chi connectivity index (χ2v) is 6.25. The second kappa shape index (κ2) is 8.23. The Kier molecular flexibility index (Phi) is 6.31. The quantitative estimate of drug-likeness (QED) is 0.520. The Balaban J connectivity index is 1.98. The van der Waals surface area contributed by atoms with Gasteiger partial charge in [0.1, 0.15) is 0 Å². The van der Waals surface area contributed by atoms with Gasteiger partial charge in [-0.15, -0.1) is 0 Å². The smallest absolute Gasteiger partial charge is 0.323 e. The fourth-order valence-corrected chi connectivity index (χ4v) is 3.11. The van der Waals surface area contributed by atoms with Gasteiger partial charge in [-0.05, 0) is 38.4 Å². The van der Waals surface area contributed by atoms with Crippen molar-refractivity contribution >= 4 is 23.7 Å². The number of nitrogens with two attached hydrogens (primary N) is 1. The number of ether oxygens (including phenoxy) is 1. The van der Waals surface area contributed by atoms with E-state index in [9.17, 15) is 0 Å². The third kappa shape index (κ3) is 4.89. The first-order valence-corrected chi connectivity index (χ1v) is 8.68. The van der Waals surface area contributed by atoms with E-state index in [-0.39, 0.29) is 0 Å². The predicted octanol–water partition coefficient (Wildman–Crippen LogP) is 2.03. The first-order chi connectivity index (χ1) is 10.2. The SMILES string of the molecule is CCCOc1nc(NN)nc(NC2CCC(SC)CC2)n1. The maximum Gasteiger partial charge on any atom is 0.323 e. The van der Waals surface area contributed by atoms with Gasteiger partial charge in [0.15, 0.2) is 0 Å². The number of hydrazine groups is 1. The molecule has 0 spiro atoms. The van der Waals surface area contributed by atoms with Gasteiger partial charge in [0.25, 0.3) is 0 Å². The molecule has 1 aromatic heterocycles. The molecule has 21 heavy (non-hydrogen) atoms. The van der Waals surface area contributed by atoms with Crippen molar-refractivity contribution in [1.82, 2.24) is 15.0 Å². The first kappa shape index (κ1) is 16.1. The van der Waals surface area contributed by atoms with Gasteiger partial charge >= 0.3 is 6.01 Å². The first-order valence-electron chi connectivity index (χ1n) is 7.40. The van der Waals surface area contributed by atoms with Gasteiger partial charge in [0.2, 0.25) is 11.9 Å². The minimum Gasteiger partial charge on any atom is -0.463 e.